The number of hydrogen-bond donors (Lipinski definition) is 2. The lowest BCUT2D eigenvalue weighted by molar-refractivity contribution is 0.0949. The summed E-state index contributed by atoms with van der Waals surface area (Å²) in [6.45, 7) is 4.58. The van der Waals surface area contributed by atoms with E-state index in [1.807, 2.05) is 13.8 Å². The number of nitrogens with one attached hydrogen (secondary N) is 2. The summed E-state index contributed by atoms with van der Waals surface area (Å²) in [6, 6.07) is 6.21. The van der Waals surface area contributed by atoms with Crippen LogP contribution in [-0.4, -0.2) is 26.9 Å². The number of hydrogen-bond acceptors (Lipinski definition) is 3. The van der Waals surface area contributed by atoms with Crippen LogP contribution in [0.3, 0.4) is 0 Å². The molecule has 0 aromatic heterocycles. The van der Waals surface area contributed by atoms with Crippen LogP contribution in [0.4, 0.5) is 0 Å². The van der Waals surface area contributed by atoms with Crippen LogP contribution < -0.4 is 10.0 Å². The predicted octanol–water partition coefficient (Wildman–Crippen LogP) is 2.29. The molecule has 1 amide bonds. The van der Waals surface area contributed by atoms with Crippen molar-refractivity contribution in [1.82, 2.24) is 10.0 Å². The molecule has 0 bridgehead atoms. The van der Waals surface area contributed by atoms with Gasteiger partial charge in [0.05, 0.1) is 4.90 Å². The van der Waals surface area contributed by atoms with E-state index in [-0.39, 0.29) is 16.8 Å². The summed E-state index contributed by atoms with van der Waals surface area (Å²) in [4.78, 5) is 12.2. The van der Waals surface area contributed by atoms with Gasteiger partial charge in [0, 0.05) is 18.2 Å². The first-order valence-corrected chi connectivity index (χ1v) is 9.27. The monoisotopic (exact) mass is 324 g/mol. The molecule has 1 saturated carbocycles. The minimum absolute atomic E-state index is 0.0171. The summed E-state index contributed by atoms with van der Waals surface area (Å²) in [5.41, 5.74) is 0.370. The average Bonchev–Trinajstić information content (AvgIpc) is 2.97. The van der Waals surface area contributed by atoms with Gasteiger partial charge in [-0.05, 0) is 37.0 Å². The van der Waals surface area contributed by atoms with Crippen LogP contribution in [0.15, 0.2) is 29.2 Å². The maximum atomic E-state index is 12.4. The van der Waals surface area contributed by atoms with E-state index in [0.29, 0.717) is 18.0 Å². The van der Waals surface area contributed by atoms with E-state index in [2.05, 4.69) is 10.0 Å². The highest BCUT2D eigenvalue weighted by molar-refractivity contribution is 7.89. The van der Waals surface area contributed by atoms with Crippen molar-refractivity contribution >= 4 is 15.9 Å². The van der Waals surface area contributed by atoms with E-state index in [9.17, 15) is 13.2 Å². The van der Waals surface area contributed by atoms with Crippen LogP contribution in [0, 0.1) is 5.92 Å². The molecule has 1 aliphatic rings. The van der Waals surface area contributed by atoms with Gasteiger partial charge in [0.25, 0.3) is 5.91 Å². The highest BCUT2D eigenvalue weighted by Crippen LogP contribution is 2.20. The van der Waals surface area contributed by atoms with Crippen LogP contribution in [-0.2, 0) is 10.0 Å². The molecular formula is C16H24N2O3S. The van der Waals surface area contributed by atoms with Gasteiger partial charge in [0.15, 0.2) is 0 Å². The standard InChI is InChI=1S/C16H24N2O3S/c1-12(2)11-17-16(19)13-6-5-9-15(10-13)22(20,21)18-14-7-3-4-8-14/h5-6,9-10,12,14,18H,3-4,7-8,11H2,1-2H3,(H,17,19). The second kappa shape index (κ2) is 7.24. The third-order valence-electron chi connectivity index (χ3n) is 3.75. The van der Waals surface area contributed by atoms with Crippen molar-refractivity contribution in [3.05, 3.63) is 29.8 Å². The lowest BCUT2D eigenvalue weighted by atomic mass is 10.2. The van der Waals surface area contributed by atoms with Gasteiger partial charge in [-0.1, -0.05) is 32.8 Å². The van der Waals surface area contributed by atoms with Crippen LogP contribution in [0.1, 0.15) is 49.9 Å². The van der Waals surface area contributed by atoms with Crippen LogP contribution in [0.25, 0.3) is 0 Å². The lowest BCUT2D eigenvalue weighted by Gasteiger charge is -2.13. The second-order valence-electron chi connectivity index (χ2n) is 6.23. The topological polar surface area (TPSA) is 75.3 Å². The van der Waals surface area contributed by atoms with E-state index >= 15 is 0 Å². The first-order chi connectivity index (χ1) is 10.4. The first-order valence-electron chi connectivity index (χ1n) is 7.79. The van der Waals surface area contributed by atoms with Gasteiger partial charge in [0.1, 0.15) is 0 Å². The quantitative estimate of drug-likeness (QED) is 0.843. The van der Waals surface area contributed by atoms with E-state index in [1.54, 1.807) is 12.1 Å². The minimum Gasteiger partial charge on any atom is -0.352 e. The molecule has 1 aliphatic carbocycles. The van der Waals surface area contributed by atoms with E-state index in [0.717, 1.165) is 25.7 Å². The van der Waals surface area contributed by atoms with E-state index in [4.69, 9.17) is 0 Å². The van der Waals surface area contributed by atoms with E-state index in [1.165, 1.54) is 12.1 Å². The van der Waals surface area contributed by atoms with Gasteiger partial charge in [-0.15, -0.1) is 0 Å². The summed E-state index contributed by atoms with van der Waals surface area (Å²) >= 11 is 0. The number of benzene rings is 1. The maximum absolute atomic E-state index is 12.4. The fourth-order valence-electron chi connectivity index (χ4n) is 2.53. The largest absolute Gasteiger partial charge is 0.352 e. The highest BCUT2D eigenvalue weighted by Gasteiger charge is 2.23. The van der Waals surface area contributed by atoms with Crippen molar-refractivity contribution in [1.29, 1.82) is 0 Å². The molecule has 2 rings (SSSR count). The smallest absolute Gasteiger partial charge is 0.251 e. The van der Waals surface area contributed by atoms with Crippen LogP contribution in [0.5, 0.6) is 0 Å². The molecule has 1 aromatic rings. The van der Waals surface area contributed by atoms with Crippen molar-refractivity contribution in [2.24, 2.45) is 5.92 Å². The Hall–Kier alpha value is -1.40. The summed E-state index contributed by atoms with van der Waals surface area (Å²) in [5.74, 6) is 0.103. The number of carbonyl (C=O) groups excluding carboxylic acids is 1. The minimum atomic E-state index is -3.56. The number of rotatable bonds is 6. The number of carbonyl (C=O) groups is 1. The highest BCUT2D eigenvalue weighted by atomic mass is 32.2. The summed E-state index contributed by atoms with van der Waals surface area (Å²) in [6.07, 6.45) is 3.89. The average molecular weight is 324 g/mol. The Morgan fingerprint density at radius 3 is 2.59 bits per heavy atom. The zero-order valence-electron chi connectivity index (χ0n) is 13.1. The molecule has 1 aromatic carbocycles. The van der Waals surface area contributed by atoms with E-state index < -0.39 is 10.0 Å². The molecule has 6 heteroatoms. The Morgan fingerprint density at radius 2 is 1.95 bits per heavy atom. The Morgan fingerprint density at radius 1 is 1.27 bits per heavy atom. The molecule has 0 unspecified atom stereocenters. The lowest BCUT2D eigenvalue weighted by Crippen LogP contribution is -2.33. The van der Waals surface area contributed by atoms with Crippen molar-refractivity contribution in [3.63, 3.8) is 0 Å². The van der Waals surface area contributed by atoms with Gasteiger partial charge < -0.3 is 5.32 Å². The maximum Gasteiger partial charge on any atom is 0.251 e. The molecule has 0 radical (unpaired) electrons. The van der Waals surface area contributed by atoms with Gasteiger partial charge in [-0.25, -0.2) is 13.1 Å². The molecule has 0 spiro atoms. The molecule has 0 atom stereocenters. The van der Waals surface area contributed by atoms with Crippen molar-refractivity contribution in [3.8, 4) is 0 Å². The van der Waals surface area contributed by atoms with Crippen molar-refractivity contribution in [2.45, 2.75) is 50.5 Å². The second-order valence-corrected chi connectivity index (χ2v) is 7.95. The Labute approximate surface area is 132 Å². The molecule has 0 aliphatic heterocycles. The molecule has 1 fully saturated rings. The molecule has 5 nitrogen and oxygen atoms in total. The summed E-state index contributed by atoms with van der Waals surface area (Å²) in [7, 11) is -3.56. The summed E-state index contributed by atoms with van der Waals surface area (Å²) < 4.78 is 27.5. The molecule has 0 heterocycles. The molecule has 22 heavy (non-hydrogen) atoms. The first kappa shape index (κ1) is 17.0. The normalized spacial score (nSPS) is 16.1. The molecular weight excluding hydrogens is 300 g/mol. The third-order valence-corrected chi connectivity index (χ3v) is 5.27. The van der Waals surface area contributed by atoms with Crippen molar-refractivity contribution < 1.29 is 13.2 Å². The zero-order chi connectivity index (χ0) is 16.2. The fourth-order valence-corrected chi connectivity index (χ4v) is 3.88. The number of sulfonamides is 1. The fraction of sp³-hybridized carbons (Fsp3) is 0.562. The van der Waals surface area contributed by atoms with Gasteiger partial charge in [-0.2, -0.15) is 0 Å². The molecule has 0 saturated heterocycles. The third kappa shape index (κ3) is 4.55. The SMILES string of the molecule is CC(C)CNC(=O)c1cccc(S(=O)(=O)NC2CCCC2)c1. The zero-order valence-corrected chi connectivity index (χ0v) is 13.9. The van der Waals surface area contributed by atoms with Gasteiger partial charge in [-0.3, -0.25) is 4.79 Å². The van der Waals surface area contributed by atoms with Crippen LogP contribution in [0.2, 0.25) is 0 Å². The van der Waals surface area contributed by atoms with Crippen LogP contribution >= 0.6 is 0 Å². The Balaban J connectivity index is 2.11. The Bertz CT molecular complexity index is 620. The van der Waals surface area contributed by atoms with Gasteiger partial charge >= 0.3 is 0 Å². The molecule has 2 N–H and O–H groups in total. The Kier molecular flexibility index (Phi) is 5.58. The summed E-state index contributed by atoms with van der Waals surface area (Å²) in [5, 5.41) is 2.80. The van der Waals surface area contributed by atoms with Gasteiger partial charge in [0.2, 0.25) is 10.0 Å². The molecule has 122 valence electrons. The van der Waals surface area contributed by atoms with Crippen molar-refractivity contribution in [2.75, 3.05) is 6.54 Å². The number of amides is 1. The predicted molar refractivity (Wildman–Crippen MR) is 86.2 cm³/mol.